The minimum absolute atomic E-state index is 0.00987. The first-order valence-corrected chi connectivity index (χ1v) is 7.32. The number of anilines is 2. The van der Waals surface area contributed by atoms with E-state index < -0.39 is 0 Å². The van der Waals surface area contributed by atoms with Crippen LogP contribution in [0.3, 0.4) is 0 Å². The number of carbonyl (C=O) groups excluding carboxylic acids is 2. The lowest BCUT2D eigenvalue weighted by atomic mass is 9.89. The number of carbonyl (C=O) groups is 2. The van der Waals surface area contributed by atoms with Crippen molar-refractivity contribution >= 4 is 23.3 Å². The molecule has 0 saturated carbocycles. The standard InChI is InChI=1S/C17H17N3O2/c21-16(20-15-7-3-4-10-18-15)9-8-13-11-12-5-1-2-6-14(12)19-17(13)22/h1-7,10,13H,8-9,11H2,(H,19,22)(H,18,20,21). The van der Waals surface area contributed by atoms with E-state index in [9.17, 15) is 9.59 Å². The first-order chi connectivity index (χ1) is 10.7. The van der Waals surface area contributed by atoms with Crippen molar-refractivity contribution in [3.63, 3.8) is 0 Å². The third kappa shape index (κ3) is 3.31. The van der Waals surface area contributed by atoms with Gasteiger partial charge in [-0.15, -0.1) is 0 Å². The van der Waals surface area contributed by atoms with Crippen LogP contribution in [0.15, 0.2) is 48.7 Å². The molecule has 22 heavy (non-hydrogen) atoms. The summed E-state index contributed by atoms with van der Waals surface area (Å²) in [5.74, 6) is 0.241. The van der Waals surface area contributed by atoms with E-state index >= 15 is 0 Å². The molecule has 0 bridgehead atoms. The molecule has 112 valence electrons. The molecule has 2 heterocycles. The third-order valence-electron chi connectivity index (χ3n) is 3.76. The number of nitrogens with one attached hydrogen (secondary N) is 2. The number of amides is 2. The lowest BCUT2D eigenvalue weighted by Gasteiger charge is -2.24. The van der Waals surface area contributed by atoms with Crippen LogP contribution in [0.5, 0.6) is 0 Å². The van der Waals surface area contributed by atoms with Crippen molar-refractivity contribution < 1.29 is 9.59 Å². The maximum absolute atomic E-state index is 12.1. The van der Waals surface area contributed by atoms with E-state index in [4.69, 9.17) is 0 Å². The Morgan fingerprint density at radius 2 is 2.05 bits per heavy atom. The molecular weight excluding hydrogens is 278 g/mol. The molecule has 1 atom stereocenters. The molecule has 0 fully saturated rings. The minimum Gasteiger partial charge on any atom is -0.326 e. The maximum Gasteiger partial charge on any atom is 0.227 e. The van der Waals surface area contributed by atoms with Crippen molar-refractivity contribution in [1.82, 2.24) is 4.98 Å². The topological polar surface area (TPSA) is 71.1 Å². The quantitative estimate of drug-likeness (QED) is 0.910. The number of para-hydroxylation sites is 1. The van der Waals surface area contributed by atoms with Gasteiger partial charge in [0.15, 0.2) is 0 Å². The fraction of sp³-hybridized carbons (Fsp3) is 0.235. The van der Waals surface area contributed by atoms with E-state index in [1.165, 1.54) is 0 Å². The lowest BCUT2D eigenvalue weighted by Crippen LogP contribution is -2.30. The van der Waals surface area contributed by atoms with Crippen LogP contribution in [-0.4, -0.2) is 16.8 Å². The minimum atomic E-state index is -0.163. The molecule has 5 heteroatoms. The maximum atomic E-state index is 12.1. The Balaban J connectivity index is 1.56. The Morgan fingerprint density at radius 1 is 1.23 bits per heavy atom. The second-order valence-electron chi connectivity index (χ2n) is 5.35. The molecule has 5 nitrogen and oxygen atoms in total. The van der Waals surface area contributed by atoms with Crippen LogP contribution < -0.4 is 10.6 Å². The van der Waals surface area contributed by atoms with Crippen LogP contribution in [0.1, 0.15) is 18.4 Å². The van der Waals surface area contributed by atoms with Crippen molar-refractivity contribution in [2.75, 3.05) is 10.6 Å². The largest absolute Gasteiger partial charge is 0.326 e. The van der Waals surface area contributed by atoms with E-state index in [1.54, 1.807) is 18.3 Å². The van der Waals surface area contributed by atoms with Crippen LogP contribution in [0, 0.1) is 5.92 Å². The number of hydrogen-bond acceptors (Lipinski definition) is 3. The number of aromatic nitrogens is 1. The molecule has 3 rings (SSSR count). The predicted molar refractivity (Wildman–Crippen MR) is 84.4 cm³/mol. The van der Waals surface area contributed by atoms with Crippen molar-refractivity contribution in [3.8, 4) is 0 Å². The highest BCUT2D eigenvalue weighted by atomic mass is 16.2. The first kappa shape index (κ1) is 14.3. The van der Waals surface area contributed by atoms with Crippen molar-refractivity contribution in [3.05, 3.63) is 54.2 Å². The summed E-state index contributed by atoms with van der Waals surface area (Å²) in [7, 11) is 0. The molecule has 2 N–H and O–H groups in total. The fourth-order valence-electron chi connectivity index (χ4n) is 2.59. The average molecular weight is 295 g/mol. The molecule has 1 unspecified atom stereocenters. The van der Waals surface area contributed by atoms with Gasteiger partial charge in [0.1, 0.15) is 5.82 Å². The highest BCUT2D eigenvalue weighted by molar-refractivity contribution is 5.96. The number of benzene rings is 1. The zero-order valence-electron chi connectivity index (χ0n) is 12.1. The van der Waals surface area contributed by atoms with Gasteiger partial charge in [-0.25, -0.2) is 4.98 Å². The van der Waals surface area contributed by atoms with Gasteiger partial charge in [0, 0.05) is 24.2 Å². The Bertz CT molecular complexity index is 685. The molecule has 0 saturated heterocycles. The molecule has 2 amide bonds. The summed E-state index contributed by atoms with van der Waals surface area (Å²) in [5.41, 5.74) is 2.00. The average Bonchev–Trinajstić information content (AvgIpc) is 2.54. The van der Waals surface area contributed by atoms with Crippen LogP contribution in [-0.2, 0) is 16.0 Å². The third-order valence-corrected chi connectivity index (χ3v) is 3.76. The number of pyridine rings is 1. The summed E-state index contributed by atoms with van der Waals surface area (Å²) in [5, 5.41) is 5.63. The number of fused-ring (bicyclic) bond motifs is 1. The normalized spacial score (nSPS) is 16.5. The number of hydrogen-bond donors (Lipinski definition) is 2. The van der Waals surface area contributed by atoms with Gasteiger partial charge in [-0.3, -0.25) is 9.59 Å². The van der Waals surface area contributed by atoms with Gasteiger partial charge in [0.25, 0.3) is 0 Å². The Hall–Kier alpha value is -2.69. The van der Waals surface area contributed by atoms with Gasteiger partial charge in [0.2, 0.25) is 11.8 Å². The summed E-state index contributed by atoms with van der Waals surface area (Å²) < 4.78 is 0. The van der Waals surface area contributed by atoms with Crippen LogP contribution in [0.25, 0.3) is 0 Å². The van der Waals surface area contributed by atoms with Crippen molar-refractivity contribution in [2.24, 2.45) is 5.92 Å². The van der Waals surface area contributed by atoms with Crippen LogP contribution >= 0.6 is 0 Å². The van der Waals surface area contributed by atoms with Gasteiger partial charge >= 0.3 is 0 Å². The summed E-state index contributed by atoms with van der Waals surface area (Å²) in [6.45, 7) is 0. The molecular formula is C17H17N3O2. The fourth-order valence-corrected chi connectivity index (χ4v) is 2.59. The van der Waals surface area contributed by atoms with Crippen LogP contribution in [0.2, 0.25) is 0 Å². The zero-order chi connectivity index (χ0) is 15.4. The van der Waals surface area contributed by atoms with Gasteiger partial charge in [-0.2, -0.15) is 0 Å². The molecule has 1 aromatic heterocycles. The Morgan fingerprint density at radius 3 is 2.86 bits per heavy atom. The van der Waals surface area contributed by atoms with Gasteiger partial charge < -0.3 is 10.6 Å². The molecule has 1 aromatic carbocycles. The zero-order valence-corrected chi connectivity index (χ0v) is 12.1. The highest BCUT2D eigenvalue weighted by Gasteiger charge is 2.26. The Kier molecular flexibility index (Phi) is 4.14. The second kappa shape index (κ2) is 6.39. The SMILES string of the molecule is O=C(CCC1Cc2ccccc2NC1=O)Nc1ccccn1. The lowest BCUT2D eigenvalue weighted by molar-refractivity contribution is -0.121. The van der Waals surface area contributed by atoms with Gasteiger partial charge in [-0.1, -0.05) is 24.3 Å². The van der Waals surface area contributed by atoms with E-state index in [2.05, 4.69) is 15.6 Å². The molecule has 0 radical (unpaired) electrons. The molecule has 2 aromatic rings. The number of nitrogens with zero attached hydrogens (tertiary/aromatic N) is 1. The van der Waals surface area contributed by atoms with E-state index in [-0.39, 0.29) is 17.7 Å². The predicted octanol–water partition coefficient (Wildman–Crippen LogP) is 2.61. The second-order valence-corrected chi connectivity index (χ2v) is 5.35. The number of rotatable bonds is 4. The van der Waals surface area contributed by atoms with E-state index in [0.717, 1.165) is 11.3 Å². The summed E-state index contributed by atoms with van der Waals surface area (Å²) >= 11 is 0. The van der Waals surface area contributed by atoms with E-state index in [1.807, 2.05) is 30.3 Å². The molecule has 0 spiro atoms. The summed E-state index contributed by atoms with van der Waals surface area (Å²) in [4.78, 5) is 28.0. The van der Waals surface area contributed by atoms with Crippen LogP contribution in [0.4, 0.5) is 11.5 Å². The van der Waals surface area contributed by atoms with Gasteiger partial charge in [-0.05, 0) is 36.6 Å². The molecule has 1 aliphatic heterocycles. The summed E-state index contributed by atoms with van der Waals surface area (Å²) in [6.07, 6.45) is 3.13. The summed E-state index contributed by atoms with van der Waals surface area (Å²) in [6, 6.07) is 13.1. The van der Waals surface area contributed by atoms with Crippen molar-refractivity contribution in [2.45, 2.75) is 19.3 Å². The molecule has 1 aliphatic rings. The van der Waals surface area contributed by atoms with Gasteiger partial charge in [0.05, 0.1) is 0 Å². The van der Waals surface area contributed by atoms with Crippen molar-refractivity contribution in [1.29, 1.82) is 0 Å². The highest BCUT2D eigenvalue weighted by Crippen LogP contribution is 2.27. The molecule has 0 aliphatic carbocycles. The Labute approximate surface area is 128 Å². The smallest absolute Gasteiger partial charge is 0.227 e. The first-order valence-electron chi connectivity index (χ1n) is 7.32. The van der Waals surface area contributed by atoms with E-state index in [0.29, 0.717) is 25.1 Å². The monoisotopic (exact) mass is 295 g/mol.